The number of aryl methyl sites for hydroxylation is 1. The highest BCUT2D eigenvalue weighted by Crippen LogP contribution is 2.26. The van der Waals surface area contributed by atoms with Crippen molar-refractivity contribution in [1.82, 2.24) is 4.90 Å². The van der Waals surface area contributed by atoms with Gasteiger partial charge in [-0.15, -0.1) is 11.8 Å². The van der Waals surface area contributed by atoms with Crippen molar-refractivity contribution in [2.75, 3.05) is 49.2 Å². The second kappa shape index (κ2) is 9.41. The standard InChI is InChI=1S/C22H26FN3O2S/c1-15-12-18(5-6-20(15)26-10-8-25(3)9-11-26)24-22(28)14-29-21-7-4-17(16(2)27)13-19(21)23/h4-7,12-13H,8-11,14H2,1-3H3,(H,24,28). The minimum Gasteiger partial charge on any atom is -0.369 e. The van der Waals surface area contributed by atoms with Crippen LogP contribution in [-0.4, -0.2) is 55.6 Å². The average molecular weight is 416 g/mol. The second-order valence-corrected chi connectivity index (χ2v) is 8.35. The van der Waals surface area contributed by atoms with Crippen molar-refractivity contribution in [3.05, 3.63) is 53.3 Å². The lowest BCUT2D eigenvalue weighted by Crippen LogP contribution is -2.44. The molecular weight excluding hydrogens is 389 g/mol. The molecule has 0 radical (unpaired) electrons. The van der Waals surface area contributed by atoms with Gasteiger partial charge in [-0.2, -0.15) is 0 Å². The van der Waals surface area contributed by atoms with Gasteiger partial charge in [0.1, 0.15) is 5.82 Å². The number of hydrogen-bond donors (Lipinski definition) is 1. The van der Waals surface area contributed by atoms with E-state index >= 15 is 0 Å². The molecule has 1 N–H and O–H groups in total. The number of rotatable bonds is 6. The Balaban J connectivity index is 1.57. The number of carbonyl (C=O) groups is 2. The molecule has 5 nitrogen and oxygen atoms in total. The molecule has 154 valence electrons. The summed E-state index contributed by atoms with van der Waals surface area (Å²) < 4.78 is 14.1. The molecule has 3 rings (SSSR count). The van der Waals surface area contributed by atoms with E-state index in [0.29, 0.717) is 10.5 Å². The van der Waals surface area contributed by atoms with Gasteiger partial charge in [-0.1, -0.05) is 6.07 Å². The van der Waals surface area contributed by atoms with Crippen LogP contribution in [0.5, 0.6) is 0 Å². The van der Waals surface area contributed by atoms with Crippen molar-refractivity contribution in [3.63, 3.8) is 0 Å². The monoisotopic (exact) mass is 415 g/mol. The van der Waals surface area contributed by atoms with Gasteiger partial charge in [-0.3, -0.25) is 9.59 Å². The van der Waals surface area contributed by atoms with Crippen LogP contribution < -0.4 is 10.2 Å². The molecule has 0 unspecified atom stereocenters. The summed E-state index contributed by atoms with van der Waals surface area (Å²) in [5, 5.41) is 2.88. The number of amides is 1. The van der Waals surface area contributed by atoms with Gasteiger partial charge >= 0.3 is 0 Å². The number of Topliss-reactive ketones (excluding diaryl/α,β-unsaturated/α-hetero) is 1. The molecular formula is C22H26FN3O2S. The minimum absolute atomic E-state index is 0.0929. The predicted octanol–water partition coefficient (Wildman–Crippen LogP) is 3.82. The number of carbonyl (C=O) groups excluding carboxylic acids is 2. The van der Waals surface area contributed by atoms with Gasteiger partial charge in [-0.05, 0) is 56.8 Å². The van der Waals surface area contributed by atoms with E-state index in [1.165, 1.54) is 18.7 Å². The number of nitrogens with one attached hydrogen (secondary N) is 1. The molecule has 1 aliphatic heterocycles. The highest BCUT2D eigenvalue weighted by atomic mass is 32.2. The number of benzene rings is 2. The summed E-state index contributed by atoms with van der Waals surface area (Å²) in [6.45, 7) is 7.51. The first-order chi connectivity index (χ1) is 13.8. The number of hydrogen-bond acceptors (Lipinski definition) is 5. The van der Waals surface area contributed by atoms with Crippen molar-refractivity contribution in [2.24, 2.45) is 0 Å². The lowest BCUT2D eigenvalue weighted by molar-refractivity contribution is -0.113. The third-order valence-corrected chi connectivity index (χ3v) is 6.07. The van der Waals surface area contributed by atoms with E-state index in [2.05, 4.69) is 22.2 Å². The Morgan fingerprint density at radius 1 is 1.10 bits per heavy atom. The number of thioether (sulfide) groups is 1. The molecule has 0 aromatic heterocycles. The number of anilines is 2. The van der Waals surface area contributed by atoms with Gasteiger partial charge in [0.05, 0.1) is 5.75 Å². The van der Waals surface area contributed by atoms with E-state index in [1.54, 1.807) is 12.1 Å². The molecule has 1 amide bonds. The quantitative estimate of drug-likeness (QED) is 0.574. The topological polar surface area (TPSA) is 52.7 Å². The zero-order chi connectivity index (χ0) is 21.0. The van der Waals surface area contributed by atoms with Gasteiger partial charge in [0.15, 0.2) is 5.78 Å². The van der Waals surface area contributed by atoms with Crippen LogP contribution in [0.4, 0.5) is 15.8 Å². The number of piperazine rings is 1. The molecule has 0 bridgehead atoms. The first kappa shape index (κ1) is 21.3. The molecule has 1 fully saturated rings. The van der Waals surface area contributed by atoms with E-state index in [1.807, 2.05) is 25.1 Å². The number of nitrogens with zero attached hydrogens (tertiary/aromatic N) is 2. The van der Waals surface area contributed by atoms with E-state index < -0.39 is 5.82 Å². The maximum absolute atomic E-state index is 14.1. The zero-order valence-corrected chi connectivity index (χ0v) is 17.8. The predicted molar refractivity (Wildman–Crippen MR) is 117 cm³/mol. The Bertz CT molecular complexity index is 911. The van der Waals surface area contributed by atoms with Crippen molar-refractivity contribution in [3.8, 4) is 0 Å². The van der Waals surface area contributed by atoms with Crippen LogP contribution in [-0.2, 0) is 4.79 Å². The van der Waals surface area contributed by atoms with Crippen molar-refractivity contribution in [1.29, 1.82) is 0 Å². The first-order valence-corrected chi connectivity index (χ1v) is 10.6. The number of halogens is 1. The molecule has 0 spiro atoms. The van der Waals surface area contributed by atoms with E-state index in [4.69, 9.17) is 0 Å². The van der Waals surface area contributed by atoms with Crippen LogP contribution in [0.1, 0.15) is 22.8 Å². The summed E-state index contributed by atoms with van der Waals surface area (Å²) in [6, 6.07) is 10.3. The van der Waals surface area contributed by atoms with Crippen LogP contribution in [0.25, 0.3) is 0 Å². The van der Waals surface area contributed by atoms with Crippen LogP contribution in [0, 0.1) is 12.7 Å². The Labute approximate surface area is 175 Å². The summed E-state index contributed by atoms with van der Waals surface area (Å²) in [7, 11) is 2.13. The molecule has 29 heavy (non-hydrogen) atoms. The fourth-order valence-electron chi connectivity index (χ4n) is 3.31. The third-order valence-electron chi connectivity index (χ3n) is 5.02. The van der Waals surface area contributed by atoms with Crippen molar-refractivity contribution in [2.45, 2.75) is 18.7 Å². The lowest BCUT2D eigenvalue weighted by atomic mass is 10.1. The lowest BCUT2D eigenvalue weighted by Gasteiger charge is -2.35. The molecule has 2 aromatic rings. The Kier molecular flexibility index (Phi) is 6.92. The van der Waals surface area contributed by atoms with Crippen LogP contribution in [0.2, 0.25) is 0 Å². The second-order valence-electron chi connectivity index (χ2n) is 7.33. The van der Waals surface area contributed by atoms with Gasteiger partial charge in [0.25, 0.3) is 0 Å². The van der Waals surface area contributed by atoms with Gasteiger partial charge in [0, 0.05) is 48.0 Å². The Morgan fingerprint density at radius 2 is 1.83 bits per heavy atom. The first-order valence-electron chi connectivity index (χ1n) is 9.61. The van der Waals surface area contributed by atoms with Gasteiger partial charge in [-0.25, -0.2) is 4.39 Å². The largest absolute Gasteiger partial charge is 0.369 e. The summed E-state index contributed by atoms with van der Waals surface area (Å²) in [4.78, 5) is 28.6. The smallest absolute Gasteiger partial charge is 0.234 e. The summed E-state index contributed by atoms with van der Waals surface area (Å²) >= 11 is 1.11. The van der Waals surface area contributed by atoms with Gasteiger partial charge in [0.2, 0.25) is 5.91 Å². The van der Waals surface area contributed by atoms with Crippen LogP contribution in [0.15, 0.2) is 41.3 Å². The van der Waals surface area contributed by atoms with E-state index in [9.17, 15) is 14.0 Å². The molecule has 0 atom stereocenters. The Hall–Kier alpha value is -2.38. The number of ketones is 1. The normalized spacial score (nSPS) is 14.7. The molecule has 1 saturated heterocycles. The Morgan fingerprint density at radius 3 is 2.45 bits per heavy atom. The molecule has 7 heteroatoms. The summed E-state index contributed by atoms with van der Waals surface area (Å²) in [5.74, 6) is -0.775. The fourth-order valence-corrected chi connectivity index (χ4v) is 4.03. The minimum atomic E-state index is -0.483. The zero-order valence-electron chi connectivity index (χ0n) is 17.0. The maximum atomic E-state index is 14.1. The SMILES string of the molecule is CC(=O)c1ccc(SCC(=O)Nc2ccc(N3CCN(C)CC3)c(C)c2)c(F)c1. The average Bonchev–Trinajstić information content (AvgIpc) is 2.68. The fraction of sp³-hybridized carbons (Fsp3) is 0.364. The molecule has 1 heterocycles. The molecule has 2 aromatic carbocycles. The molecule has 0 saturated carbocycles. The van der Waals surface area contributed by atoms with Crippen LogP contribution in [0.3, 0.4) is 0 Å². The summed E-state index contributed by atoms with van der Waals surface area (Å²) in [6.07, 6.45) is 0. The van der Waals surface area contributed by atoms with Crippen molar-refractivity contribution < 1.29 is 14.0 Å². The summed E-state index contributed by atoms with van der Waals surface area (Å²) in [5.41, 5.74) is 3.37. The van der Waals surface area contributed by atoms with Gasteiger partial charge < -0.3 is 15.1 Å². The molecule has 1 aliphatic rings. The highest BCUT2D eigenvalue weighted by Gasteiger charge is 2.16. The number of likely N-dealkylation sites (N-methyl/N-ethyl adjacent to an activating group) is 1. The van der Waals surface area contributed by atoms with Crippen LogP contribution >= 0.6 is 11.8 Å². The third kappa shape index (κ3) is 5.58. The maximum Gasteiger partial charge on any atom is 0.234 e. The highest BCUT2D eigenvalue weighted by molar-refractivity contribution is 8.00. The molecule has 0 aliphatic carbocycles. The van der Waals surface area contributed by atoms with Crippen molar-refractivity contribution >= 4 is 34.8 Å². The van der Waals surface area contributed by atoms with E-state index in [-0.39, 0.29) is 17.4 Å². The van der Waals surface area contributed by atoms with E-state index in [0.717, 1.165) is 49.2 Å².